The fourth-order valence-electron chi connectivity index (χ4n) is 3.00. The highest BCUT2D eigenvalue weighted by atomic mass is 19.1. The number of carbonyl (C=O) groups excluding carboxylic acids is 1. The number of halogens is 1. The van der Waals surface area contributed by atoms with Crippen LogP contribution in [0.15, 0.2) is 60.8 Å². The summed E-state index contributed by atoms with van der Waals surface area (Å²) < 4.78 is 15.3. The Hall–Kier alpha value is -2.99. The summed E-state index contributed by atoms with van der Waals surface area (Å²) >= 11 is 0. The van der Waals surface area contributed by atoms with Crippen LogP contribution in [0.3, 0.4) is 0 Å². The molecule has 6 heteroatoms. The van der Waals surface area contributed by atoms with E-state index in [2.05, 4.69) is 10.4 Å². The van der Waals surface area contributed by atoms with Crippen molar-refractivity contribution in [2.45, 2.75) is 13.0 Å². The molecule has 0 fully saturated rings. The Kier molecular flexibility index (Phi) is 5.66. The maximum absolute atomic E-state index is 13.5. The predicted molar refractivity (Wildman–Crippen MR) is 103 cm³/mol. The third-order valence-corrected chi connectivity index (χ3v) is 4.52. The summed E-state index contributed by atoms with van der Waals surface area (Å²) in [5, 5.41) is 7.20. The van der Waals surface area contributed by atoms with E-state index in [1.807, 2.05) is 54.9 Å². The summed E-state index contributed by atoms with van der Waals surface area (Å²) in [6.45, 7) is 2.36. The highest BCUT2D eigenvalue weighted by Gasteiger charge is 2.16. The predicted octanol–water partition coefficient (Wildman–Crippen LogP) is 3.35. The molecule has 1 atom stereocenters. The van der Waals surface area contributed by atoms with Crippen LogP contribution in [0.25, 0.3) is 5.69 Å². The van der Waals surface area contributed by atoms with Crippen molar-refractivity contribution >= 4 is 5.91 Å². The molecule has 0 saturated heterocycles. The maximum atomic E-state index is 13.5. The maximum Gasteiger partial charge on any atom is 0.251 e. The Balaban J connectivity index is 1.68. The Morgan fingerprint density at radius 1 is 1.19 bits per heavy atom. The number of nitrogens with one attached hydrogen (secondary N) is 1. The number of likely N-dealkylation sites (N-methyl/N-ethyl adjacent to an activating group) is 1. The first kappa shape index (κ1) is 18.8. The zero-order valence-corrected chi connectivity index (χ0v) is 15.7. The SMILES string of the molecule is Cc1ccnn1-c1ccc(C(=O)NCC(c2cccc(F)c2)N(C)C)cc1. The van der Waals surface area contributed by atoms with Gasteiger partial charge in [-0.15, -0.1) is 0 Å². The number of benzene rings is 2. The zero-order chi connectivity index (χ0) is 19.4. The average Bonchev–Trinajstić information content (AvgIpc) is 3.07. The molecule has 0 saturated carbocycles. The van der Waals surface area contributed by atoms with Gasteiger partial charge < -0.3 is 10.2 Å². The van der Waals surface area contributed by atoms with Crippen molar-refractivity contribution in [1.29, 1.82) is 0 Å². The lowest BCUT2D eigenvalue weighted by Gasteiger charge is -2.25. The van der Waals surface area contributed by atoms with Gasteiger partial charge in [0, 0.05) is 24.0 Å². The fourth-order valence-corrected chi connectivity index (χ4v) is 3.00. The van der Waals surface area contributed by atoms with Crippen molar-refractivity contribution in [2.24, 2.45) is 0 Å². The monoisotopic (exact) mass is 366 g/mol. The molecule has 3 aromatic rings. The van der Waals surface area contributed by atoms with Gasteiger partial charge in [-0.05, 0) is 69.0 Å². The lowest BCUT2D eigenvalue weighted by molar-refractivity contribution is 0.0942. The van der Waals surface area contributed by atoms with Crippen molar-refractivity contribution in [3.63, 3.8) is 0 Å². The van der Waals surface area contributed by atoms with E-state index in [0.717, 1.165) is 16.9 Å². The fraction of sp³-hybridized carbons (Fsp3) is 0.238. The average molecular weight is 366 g/mol. The lowest BCUT2D eigenvalue weighted by Crippen LogP contribution is -2.34. The molecule has 2 aromatic carbocycles. The van der Waals surface area contributed by atoms with Crippen molar-refractivity contribution in [3.05, 3.63) is 83.4 Å². The van der Waals surface area contributed by atoms with Gasteiger partial charge in [-0.3, -0.25) is 4.79 Å². The van der Waals surface area contributed by atoms with Gasteiger partial charge in [-0.2, -0.15) is 5.10 Å². The van der Waals surface area contributed by atoms with Crippen molar-refractivity contribution in [2.75, 3.05) is 20.6 Å². The molecular formula is C21H23FN4O. The van der Waals surface area contributed by atoms with Gasteiger partial charge in [0.1, 0.15) is 5.82 Å². The van der Waals surface area contributed by atoms with E-state index in [1.165, 1.54) is 12.1 Å². The Morgan fingerprint density at radius 3 is 2.52 bits per heavy atom. The van der Waals surface area contributed by atoms with Gasteiger partial charge in [0.05, 0.1) is 11.7 Å². The van der Waals surface area contributed by atoms with Crippen molar-refractivity contribution < 1.29 is 9.18 Å². The minimum absolute atomic E-state index is 0.115. The van der Waals surface area contributed by atoms with Gasteiger partial charge >= 0.3 is 0 Å². The molecule has 3 rings (SSSR count). The molecule has 1 heterocycles. The number of amides is 1. The van der Waals surface area contributed by atoms with E-state index in [1.54, 1.807) is 24.4 Å². The Bertz CT molecular complexity index is 918. The first-order valence-electron chi connectivity index (χ1n) is 8.77. The number of aryl methyl sites for hydroxylation is 1. The molecule has 140 valence electrons. The van der Waals surface area contributed by atoms with Gasteiger partial charge in [0.15, 0.2) is 0 Å². The van der Waals surface area contributed by atoms with Gasteiger partial charge in [0.2, 0.25) is 0 Å². The molecular weight excluding hydrogens is 343 g/mol. The van der Waals surface area contributed by atoms with E-state index in [4.69, 9.17) is 0 Å². The van der Waals surface area contributed by atoms with Gasteiger partial charge in [0.25, 0.3) is 5.91 Å². The molecule has 1 N–H and O–H groups in total. The molecule has 0 aliphatic rings. The van der Waals surface area contributed by atoms with Crippen LogP contribution < -0.4 is 5.32 Å². The third kappa shape index (κ3) is 4.41. The quantitative estimate of drug-likeness (QED) is 0.728. The minimum atomic E-state index is -0.282. The first-order valence-corrected chi connectivity index (χ1v) is 8.77. The van der Waals surface area contributed by atoms with Crippen LogP contribution in [-0.2, 0) is 0 Å². The molecule has 1 unspecified atom stereocenters. The summed E-state index contributed by atoms with van der Waals surface area (Å²) in [5.74, 6) is -0.447. The van der Waals surface area contributed by atoms with Crippen LogP contribution in [0.2, 0.25) is 0 Å². The van der Waals surface area contributed by atoms with Crippen molar-refractivity contribution in [3.8, 4) is 5.69 Å². The number of nitrogens with zero attached hydrogens (tertiary/aromatic N) is 3. The molecule has 27 heavy (non-hydrogen) atoms. The van der Waals surface area contributed by atoms with Crippen LogP contribution in [0.5, 0.6) is 0 Å². The number of hydrogen-bond donors (Lipinski definition) is 1. The summed E-state index contributed by atoms with van der Waals surface area (Å²) in [5.41, 5.74) is 3.32. The molecule has 0 spiro atoms. The Morgan fingerprint density at radius 2 is 1.93 bits per heavy atom. The largest absolute Gasteiger partial charge is 0.350 e. The van der Waals surface area contributed by atoms with Crippen LogP contribution in [0.4, 0.5) is 4.39 Å². The van der Waals surface area contributed by atoms with Crippen LogP contribution in [0, 0.1) is 12.7 Å². The van der Waals surface area contributed by atoms with Crippen LogP contribution in [-0.4, -0.2) is 41.2 Å². The van der Waals surface area contributed by atoms with E-state index in [0.29, 0.717) is 12.1 Å². The second-order valence-corrected chi connectivity index (χ2v) is 6.68. The number of rotatable bonds is 6. The molecule has 1 amide bonds. The topological polar surface area (TPSA) is 50.2 Å². The molecule has 0 aliphatic heterocycles. The van der Waals surface area contributed by atoms with E-state index < -0.39 is 0 Å². The van der Waals surface area contributed by atoms with Crippen LogP contribution in [0.1, 0.15) is 27.7 Å². The number of aromatic nitrogens is 2. The normalized spacial score (nSPS) is 12.2. The standard InChI is InChI=1S/C21H23FN4O/c1-15-11-12-24-26(15)19-9-7-16(8-10-19)21(27)23-14-20(25(2)3)17-5-4-6-18(22)13-17/h4-13,20H,14H2,1-3H3,(H,23,27). The molecule has 1 aromatic heterocycles. The molecule has 0 radical (unpaired) electrons. The second-order valence-electron chi connectivity index (χ2n) is 6.68. The highest BCUT2D eigenvalue weighted by Crippen LogP contribution is 2.18. The van der Waals surface area contributed by atoms with Crippen molar-refractivity contribution in [1.82, 2.24) is 20.0 Å². The minimum Gasteiger partial charge on any atom is -0.350 e. The third-order valence-electron chi connectivity index (χ3n) is 4.52. The summed E-state index contributed by atoms with van der Waals surface area (Å²) in [4.78, 5) is 14.5. The summed E-state index contributed by atoms with van der Waals surface area (Å²) in [7, 11) is 3.81. The van der Waals surface area contributed by atoms with E-state index >= 15 is 0 Å². The van der Waals surface area contributed by atoms with Gasteiger partial charge in [-0.1, -0.05) is 12.1 Å². The second kappa shape index (κ2) is 8.14. The molecule has 0 bridgehead atoms. The number of carbonyl (C=O) groups is 1. The first-order chi connectivity index (χ1) is 13.0. The van der Waals surface area contributed by atoms with E-state index in [9.17, 15) is 9.18 Å². The van der Waals surface area contributed by atoms with Gasteiger partial charge in [-0.25, -0.2) is 9.07 Å². The lowest BCUT2D eigenvalue weighted by atomic mass is 10.1. The van der Waals surface area contributed by atoms with E-state index in [-0.39, 0.29) is 17.8 Å². The molecule has 0 aliphatic carbocycles. The molecule has 5 nitrogen and oxygen atoms in total. The summed E-state index contributed by atoms with van der Waals surface area (Å²) in [6.07, 6.45) is 1.74. The van der Waals surface area contributed by atoms with Crippen LogP contribution >= 0.6 is 0 Å². The number of hydrogen-bond acceptors (Lipinski definition) is 3. The Labute approximate surface area is 158 Å². The highest BCUT2D eigenvalue weighted by molar-refractivity contribution is 5.94. The summed E-state index contributed by atoms with van der Waals surface area (Å²) in [6, 6.07) is 15.5. The smallest absolute Gasteiger partial charge is 0.251 e. The zero-order valence-electron chi connectivity index (χ0n) is 15.7.